The van der Waals surface area contributed by atoms with E-state index in [1.54, 1.807) is 25.5 Å². The molecule has 0 fully saturated rings. The molecule has 2 aromatic carbocycles. The van der Waals surface area contributed by atoms with E-state index in [4.69, 9.17) is 14.7 Å². The molecule has 1 aromatic heterocycles. The van der Waals surface area contributed by atoms with Gasteiger partial charge in [-0.3, -0.25) is 5.43 Å². The predicted octanol–water partition coefficient (Wildman–Crippen LogP) is 4.17. The topological polar surface area (TPSA) is 79.5 Å². The quantitative estimate of drug-likeness (QED) is 0.503. The first-order valence-corrected chi connectivity index (χ1v) is 8.66. The summed E-state index contributed by atoms with van der Waals surface area (Å²) in [6.07, 6.45) is 1.67. The molecule has 0 unspecified atom stereocenters. The number of hydrogen-bond donors (Lipinski definition) is 1. The standard InChI is InChI=1S/C19H16N4O2S/c1-24-18-11-14(7-8-17(18)25-10-9-20)12-21-23-19-22-16(13-26-19)15-5-3-2-4-6-15/h2-8,11-13H,10H2,1H3,(H,22,23). The molecule has 0 atom stereocenters. The van der Waals surface area contributed by atoms with Gasteiger partial charge in [0.2, 0.25) is 5.13 Å². The van der Waals surface area contributed by atoms with Crippen molar-refractivity contribution >= 4 is 22.7 Å². The number of hydrazone groups is 1. The molecular formula is C19H16N4O2S. The number of anilines is 1. The molecular weight excluding hydrogens is 348 g/mol. The van der Waals surface area contributed by atoms with Gasteiger partial charge in [-0.1, -0.05) is 30.3 Å². The fraction of sp³-hybridized carbons (Fsp3) is 0.105. The molecule has 1 N–H and O–H groups in total. The van der Waals surface area contributed by atoms with E-state index in [2.05, 4.69) is 15.5 Å². The fourth-order valence-corrected chi connectivity index (χ4v) is 2.89. The van der Waals surface area contributed by atoms with Gasteiger partial charge in [0.1, 0.15) is 6.07 Å². The van der Waals surface area contributed by atoms with E-state index in [1.165, 1.54) is 11.3 Å². The van der Waals surface area contributed by atoms with Gasteiger partial charge in [-0.05, 0) is 23.8 Å². The molecule has 1 heterocycles. The maximum atomic E-state index is 8.59. The summed E-state index contributed by atoms with van der Waals surface area (Å²) >= 11 is 1.49. The van der Waals surface area contributed by atoms with Crippen LogP contribution < -0.4 is 14.9 Å². The number of aromatic nitrogens is 1. The summed E-state index contributed by atoms with van der Waals surface area (Å²) in [6, 6.07) is 17.3. The van der Waals surface area contributed by atoms with Crippen molar-refractivity contribution in [2.45, 2.75) is 0 Å². The first-order chi connectivity index (χ1) is 12.8. The maximum absolute atomic E-state index is 8.59. The molecule has 6 nitrogen and oxygen atoms in total. The third kappa shape index (κ3) is 4.37. The molecule has 0 saturated carbocycles. The minimum absolute atomic E-state index is 0.0286. The number of benzene rings is 2. The van der Waals surface area contributed by atoms with Crippen molar-refractivity contribution in [2.24, 2.45) is 5.10 Å². The number of nitriles is 1. The first-order valence-electron chi connectivity index (χ1n) is 7.78. The number of nitrogens with one attached hydrogen (secondary N) is 1. The zero-order chi connectivity index (χ0) is 18.2. The summed E-state index contributed by atoms with van der Waals surface area (Å²) in [6.45, 7) is -0.0286. The Bertz CT molecular complexity index is 932. The smallest absolute Gasteiger partial charge is 0.203 e. The van der Waals surface area contributed by atoms with E-state index in [0.717, 1.165) is 16.8 Å². The van der Waals surface area contributed by atoms with Crippen molar-refractivity contribution in [3.63, 3.8) is 0 Å². The average molecular weight is 364 g/mol. The highest BCUT2D eigenvalue weighted by atomic mass is 32.1. The Hall–Kier alpha value is -3.37. The van der Waals surface area contributed by atoms with Gasteiger partial charge >= 0.3 is 0 Å². The molecule has 26 heavy (non-hydrogen) atoms. The van der Waals surface area contributed by atoms with Crippen molar-refractivity contribution in [1.82, 2.24) is 4.98 Å². The summed E-state index contributed by atoms with van der Waals surface area (Å²) in [4.78, 5) is 4.51. The Kier molecular flexibility index (Phi) is 5.80. The monoisotopic (exact) mass is 364 g/mol. The van der Waals surface area contributed by atoms with Crippen LogP contribution in [0, 0.1) is 11.3 Å². The van der Waals surface area contributed by atoms with E-state index in [0.29, 0.717) is 16.6 Å². The largest absolute Gasteiger partial charge is 0.493 e. The van der Waals surface area contributed by atoms with Crippen LogP contribution in [-0.4, -0.2) is 24.9 Å². The lowest BCUT2D eigenvalue weighted by molar-refractivity contribution is 0.329. The molecule has 0 radical (unpaired) electrons. The van der Waals surface area contributed by atoms with E-state index < -0.39 is 0 Å². The number of nitrogens with zero attached hydrogens (tertiary/aromatic N) is 3. The highest BCUT2D eigenvalue weighted by molar-refractivity contribution is 7.14. The van der Waals surface area contributed by atoms with Crippen LogP contribution in [0.4, 0.5) is 5.13 Å². The molecule has 0 bridgehead atoms. The molecule has 0 aliphatic carbocycles. The number of methoxy groups -OCH3 is 1. The maximum Gasteiger partial charge on any atom is 0.203 e. The third-order valence-electron chi connectivity index (χ3n) is 3.43. The second-order valence-electron chi connectivity index (χ2n) is 5.13. The Labute approximate surface area is 155 Å². The number of ether oxygens (including phenoxy) is 2. The van der Waals surface area contributed by atoms with Crippen LogP contribution in [0.1, 0.15) is 5.56 Å². The van der Waals surface area contributed by atoms with Gasteiger partial charge < -0.3 is 9.47 Å². The number of hydrogen-bond acceptors (Lipinski definition) is 7. The lowest BCUT2D eigenvalue weighted by Crippen LogP contribution is -1.98. The second kappa shape index (κ2) is 8.65. The van der Waals surface area contributed by atoms with Crippen LogP contribution in [-0.2, 0) is 0 Å². The molecule has 0 aliphatic rings. The van der Waals surface area contributed by atoms with E-state index >= 15 is 0 Å². The highest BCUT2D eigenvalue weighted by Gasteiger charge is 2.05. The van der Waals surface area contributed by atoms with Gasteiger partial charge in [0.05, 0.1) is 19.0 Å². The second-order valence-corrected chi connectivity index (χ2v) is 5.99. The molecule has 0 spiro atoms. The van der Waals surface area contributed by atoms with Crippen LogP contribution in [0.15, 0.2) is 59.0 Å². The minimum Gasteiger partial charge on any atom is -0.493 e. The lowest BCUT2D eigenvalue weighted by atomic mass is 10.2. The Balaban J connectivity index is 1.65. The molecule has 7 heteroatoms. The zero-order valence-corrected chi connectivity index (χ0v) is 14.9. The summed E-state index contributed by atoms with van der Waals surface area (Å²) < 4.78 is 10.6. The van der Waals surface area contributed by atoms with Crippen LogP contribution in [0.5, 0.6) is 11.5 Å². The predicted molar refractivity (Wildman–Crippen MR) is 103 cm³/mol. The van der Waals surface area contributed by atoms with E-state index in [-0.39, 0.29) is 6.61 Å². The summed E-state index contributed by atoms with van der Waals surface area (Å²) in [7, 11) is 1.55. The van der Waals surface area contributed by atoms with E-state index in [9.17, 15) is 0 Å². The fourth-order valence-electron chi connectivity index (χ4n) is 2.22. The number of thiazole rings is 1. The molecule has 3 rings (SSSR count). The third-order valence-corrected chi connectivity index (χ3v) is 4.17. The normalized spacial score (nSPS) is 10.5. The Morgan fingerprint density at radius 1 is 1.23 bits per heavy atom. The van der Waals surface area contributed by atoms with Crippen molar-refractivity contribution in [2.75, 3.05) is 19.1 Å². The number of rotatable bonds is 7. The van der Waals surface area contributed by atoms with Crippen molar-refractivity contribution in [3.05, 3.63) is 59.5 Å². The molecule has 130 valence electrons. The summed E-state index contributed by atoms with van der Waals surface area (Å²) in [5.74, 6) is 1.07. The Morgan fingerprint density at radius 2 is 2.08 bits per heavy atom. The van der Waals surface area contributed by atoms with Gasteiger partial charge in [0.25, 0.3) is 0 Å². The summed E-state index contributed by atoms with van der Waals surface area (Å²) in [5, 5.41) is 15.5. The van der Waals surface area contributed by atoms with Crippen molar-refractivity contribution < 1.29 is 9.47 Å². The van der Waals surface area contributed by atoms with Crippen LogP contribution in [0.2, 0.25) is 0 Å². The van der Waals surface area contributed by atoms with Gasteiger partial charge in [0.15, 0.2) is 18.1 Å². The van der Waals surface area contributed by atoms with Crippen molar-refractivity contribution in [3.8, 4) is 28.8 Å². The SMILES string of the molecule is COc1cc(C=NNc2nc(-c3ccccc3)cs2)ccc1OCC#N. The summed E-state index contributed by atoms with van der Waals surface area (Å²) in [5.41, 5.74) is 5.74. The molecule has 0 saturated heterocycles. The molecule has 0 amide bonds. The minimum atomic E-state index is -0.0286. The van der Waals surface area contributed by atoms with Gasteiger partial charge in [-0.15, -0.1) is 11.3 Å². The highest BCUT2D eigenvalue weighted by Crippen LogP contribution is 2.28. The zero-order valence-electron chi connectivity index (χ0n) is 14.0. The van der Waals surface area contributed by atoms with Gasteiger partial charge in [0, 0.05) is 10.9 Å². The average Bonchev–Trinajstić information content (AvgIpc) is 3.16. The van der Waals surface area contributed by atoms with Gasteiger partial charge in [-0.25, -0.2) is 4.98 Å². The molecule has 0 aliphatic heterocycles. The lowest BCUT2D eigenvalue weighted by Gasteiger charge is -2.08. The van der Waals surface area contributed by atoms with E-state index in [1.807, 2.05) is 47.8 Å². The van der Waals surface area contributed by atoms with Crippen LogP contribution >= 0.6 is 11.3 Å². The van der Waals surface area contributed by atoms with Gasteiger partial charge in [-0.2, -0.15) is 10.4 Å². The van der Waals surface area contributed by atoms with Crippen LogP contribution in [0.25, 0.3) is 11.3 Å². The van der Waals surface area contributed by atoms with Crippen molar-refractivity contribution in [1.29, 1.82) is 5.26 Å². The Morgan fingerprint density at radius 3 is 2.85 bits per heavy atom. The molecule has 3 aromatic rings. The first kappa shape index (κ1) is 17.5. The van der Waals surface area contributed by atoms with Crippen LogP contribution in [0.3, 0.4) is 0 Å².